The summed E-state index contributed by atoms with van der Waals surface area (Å²) < 4.78 is 0. The average molecular weight is 287 g/mol. The molecule has 1 heterocycles. The van der Waals surface area contributed by atoms with Crippen LogP contribution in [0.15, 0.2) is 18.3 Å². The maximum Gasteiger partial charge on any atom is 0.0605 e. The summed E-state index contributed by atoms with van der Waals surface area (Å²) in [5.74, 6) is 0. The highest BCUT2D eigenvalue weighted by molar-refractivity contribution is 5.25. The number of likely N-dealkylation sites (N-methyl/N-ethyl adjacent to an activating group) is 1. The molecule has 1 saturated carbocycles. The van der Waals surface area contributed by atoms with Gasteiger partial charge < -0.3 is 10.2 Å². The van der Waals surface area contributed by atoms with Crippen molar-refractivity contribution in [3.05, 3.63) is 29.6 Å². The molecule has 0 radical (unpaired) electrons. The van der Waals surface area contributed by atoms with E-state index in [0.29, 0.717) is 11.6 Å². The molecule has 1 aromatic heterocycles. The fraction of sp³-hybridized carbons (Fsp3) is 0.722. The van der Waals surface area contributed by atoms with Gasteiger partial charge in [-0.1, -0.05) is 25.3 Å². The van der Waals surface area contributed by atoms with Crippen LogP contribution in [0.5, 0.6) is 0 Å². The fourth-order valence-corrected chi connectivity index (χ4v) is 4.11. The second-order valence-electron chi connectivity index (χ2n) is 7.05. The molecule has 3 rings (SSSR count). The highest BCUT2D eigenvalue weighted by atomic mass is 15.2. The molecule has 21 heavy (non-hydrogen) atoms. The maximum atomic E-state index is 4.66. The van der Waals surface area contributed by atoms with Crippen LogP contribution < -0.4 is 5.32 Å². The molecule has 1 unspecified atom stereocenters. The number of pyridine rings is 1. The SMILES string of the molecule is CN(C)C1(CNC2CCCc3cccnc32)CCCCC1. The van der Waals surface area contributed by atoms with Crippen molar-refractivity contribution in [2.24, 2.45) is 0 Å². The number of hydrogen-bond donors (Lipinski definition) is 1. The summed E-state index contributed by atoms with van der Waals surface area (Å²) in [6.45, 7) is 1.10. The monoisotopic (exact) mass is 287 g/mol. The molecule has 1 fully saturated rings. The van der Waals surface area contributed by atoms with Crippen molar-refractivity contribution in [1.82, 2.24) is 15.2 Å². The number of rotatable bonds is 4. The number of aryl methyl sites for hydroxylation is 1. The van der Waals surface area contributed by atoms with E-state index in [-0.39, 0.29) is 0 Å². The number of hydrogen-bond acceptors (Lipinski definition) is 3. The van der Waals surface area contributed by atoms with Crippen molar-refractivity contribution in [2.75, 3.05) is 20.6 Å². The predicted octanol–water partition coefficient (Wildman–Crippen LogP) is 3.31. The molecule has 2 aliphatic rings. The molecule has 0 aliphatic heterocycles. The van der Waals surface area contributed by atoms with Crippen LogP contribution in [0.4, 0.5) is 0 Å². The molecule has 0 saturated heterocycles. The summed E-state index contributed by atoms with van der Waals surface area (Å²) in [5, 5.41) is 3.87. The number of nitrogens with one attached hydrogen (secondary N) is 1. The Morgan fingerprint density at radius 2 is 2.05 bits per heavy atom. The quantitative estimate of drug-likeness (QED) is 0.921. The Kier molecular flexibility index (Phi) is 4.60. The van der Waals surface area contributed by atoms with Crippen LogP contribution in [0.3, 0.4) is 0 Å². The Morgan fingerprint density at radius 3 is 2.81 bits per heavy atom. The van der Waals surface area contributed by atoms with Crippen molar-refractivity contribution in [3.8, 4) is 0 Å². The van der Waals surface area contributed by atoms with Crippen LogP contribution in [0.25, 0.3) is 0 Å². The molecular weight excluding hydrogens is 258 g/mol. The molecule has 1 N–H and O–H groups in total. The maximum absolute atomic E-state index is 4.66. The van der Waals surface area contributed by atoms with Gasteiger partial charge in [-0.15, -0.1) is 0 Å². The molecule has 2 aliphatic carbocycles. The largest absolute Gasteiger partial charge is 0.307 e. The third-order valence-corrected chi connectivity index (χ3v) is 5.61. The summed E-state index contributed by atoms with van der Waals surface area (Å²) in [4.78, 5) is 7.12. The standard InChI is InChI=1S/C18H29N3/c1-21(2)18(11-4-3-5-12-18)14-20-16-10-6-8-15-9-7-13-19-17(15)16/h7,9,13,16,20H,3-6,8,10-12,14H2,1-2H3. The molecule has 0 amide bonds. The molecular formula is C18H29N3. The first-order valence-corrected chi connectivity index (χ1v) is 8.56. The third-order valence-electron chi connectivity index (χ3n) is 5.61. The van der Waals surface area contributed by atoms with E-state index in [1.165, 1.54) is 62.6 Å². The van der Waals surface area contributed by atoms with Crippen LogP contribution in [0.1, 0.15) is 62.2 Å². The van der Waals surface area contributed by atoms with E-state index >= 15 is 0 Å². The zero-order valence-corrected chi connectivity index (χ0v) is 13.6. The lowest BCUT2D eigenvalue weighted by atomic mass is 9.80. The van der Waals surface area contributed by atoms with Crippen LogP contribution in [0, 0.1) is 0 Å². The first-order valence-electron chi connectivity index (χ1n) is 8.56. The Morgan fingerprint density at radius 1 is 1.24 bits per heavy atom. The molecule has 0 aromatic carbocycles. The van der Waals surface area contributed by atoms with Gasteiger partial charge in [0.2, 0.25) is 0 Å². The predicted molar refractivity (Wildman–Crippen MR) is 87.4 cm³/mol. The zero-order chi connectivity index (χ0) is 14.7. The molecule has 1 atom stereocenters. The van der Waals surface area contributed by atoms with Gasteiger partial charge in [0.15, 0.2) is 0 Å². The first-order chi connectivity index (χ1) is 10.2. The lowest BCUT2D eigenvalue weighted by molar-refractivity contribution is 0.0940. The van der Waals surface area contributed by atoms with Gasteiger partial charge >= 0.3 is 0 Å². The fourth-order valence-electron chi connectivity index (χ4n) is 4.11. The van der Waals surface area contributed by atoms with Crippen LogP contribution >= 0.6 is 0 Å². The minimum atomic E-state index is 0.352. The van der Waals surface area contributed by atoms with E-state index in [1.807, 2.05) is 6.20 Å². The lowest BCUT2D eigenvalue weighted by Crippen LogP contribution is -2.53. The van der Waals surface area contributed by atoms with E-state index in [9.17, 15) is 0 Å². The van der Waals surface area contributed by atoms with Crippen LogP contribution in [-0.4, -0.2) is 36.1 Å². The van der Waals surface area contributed by atoms with Gasteiger partial charge in [-0.2, -0.15) is 0 Å². The van der Waals surface area contributed by atoms with Crippen molar-refractivity contribution in [1.29, 1.82) is 0 Å². The Hall–Kier alpha value is -0.930. The van der Waals surface area contributed by atoms with Crippen molar-refractivity contribution in [2.45, 2.75) is 62.9 Å². The summed E-state index contributed by atoms with van der Waals surface area (Å²) in [7, 11) is 4.50. The van der Waals surface area contributed by atoms with Crippen LogP contribution in [-0.2, 0) is 6.42 Å². The van der Waals surface area contributed by atoms with Crippen molar-refractivity contribution >= 4 is 0 Å². The zero-order valence-electron chi connectivity index (χ0n) is 13.6. The highest BCUT2D eigenvalue weighted by Crippen LogP contribution is 2.33. The van der Waals surface area contributed by atoms with Crippen molar-refractivity contribution < 1.29 is 0 Å². The van der Waals surface area contributed by atoms with E-state index in [1.54, 1.807) is 0 Å². The van der Waals surface area contributed by atoms with Crippen LogP contribution in [0.2, 0.25) is 0 Å². The second kappa shape index (κ2) is 6.45. The smallest absolute Gasteiger partial charge is 0.0605 e. The molecule has 0 bridgehead atoms. The normalized spacial score (nSPS) is 24.8. The number of aromatic nitrogens is 1. The Labute approximate surface area is 129 Å². The average Bonchev–Trinajstić information content (AvgIpc) is 2.53. The topological polar surface area (TPSA) is 28.2 Å². The molecule has 116 valence electrons. The van der Waals surface area contributed by atoms with E-state index in [4.69, 9.17) is 0 Å². The molecule has 3 heteroatoms. The highest BCUT2D eigenvalue weighted by Gasteiger charge is 2.35. The third kappa shape index (κ3) is 3.14. The minimum absolute atomic E-state index is 0.352. The first kappa shape index (κ1) is 15.0. The van der Waals surface area contributed by atoms with E-state index < -0.39 is 0 Å². The second-order valence-corrected chi connectivity index (χ2v) is 7.05. The van der Waals surface area contributed by atoms with E-state index in [0.717, 1.165) is 6.54 Å². The lowest BCUT2D eigenvalue weighted by Gasteiger charge is -2.44. The van der Waals surface area contributed by atoms with Gasteiger partial charge in [0.25, 0.3) is 0 Å². The minimum Gasteiger partial charge on any atom is -0.307 e. The van der Waals surface area contributed by atoms with Crippen molar-refractivity contribution in [3.63, 3.8) is 0 Å². The van der Waals surface area contributed by atoms with Gasteiger partial charge in [0.05, 0.1) is 5.69 Å². The molecule has 3 nitrogen and oxygen atoms in total. The Balaban J connectivity index is 1.69. The number of fused-ring (bicyclic) bond motifs is 1. The summed E-state index contributed by atoms with van der Waals surface area (Å²) in [6, 6.07) is 4.77. The summed E-state index contributed by atoms with van der Waals surface area (Å²) in [6.07, 6.45) is 12.5. The molecule has 1 aromatic rings. The number of nitrogens with zero attached hydrogens (tertiary/aromatic N) is 2. The van der Waals surface area contributed by atoms with Gasteiger partial charge in [0, 0.05) is 24.3 Å². The molecule has 0 spiro atoms. The van der Waals surface area contributed by atoms with Gasteiger partial charge in [-0.05, 0) is 57.8 Å². The van der Waals surface area contributed by atoms with Gasteiger partial charge in [0.1, 0.15) is 0 Å². The summed E-state index contributed by atoms with van der Waals surface area (Å²) >= 11 is 0. The Bertz CT molecular complexity index is 463. The van der Waals surface area contributed by atoms with E-state index in [2.05, 4.69) is 41.4 Å². The van der Waals surface area contributed by atoms with Gasteiger partial charge in [-0.3, -0.25) is 4.98 Å². The summed E-state index contributed by atoms with van der Waals surface area (Å²) in [5.41, 5.74) is 3.10. The van der Waals surface area contributed by atoms with Gasteiger partial charge in [-0.25, -0.2) is 0 Å².